The zero-order valence-electron chi connectivity index (χ0n) is 9.61. The molecule has 4 heteroatoms. The first-order valence-electron chi connectivity index (χ1n) is 5.18. The van der Waals surface area contributed by atoms with Gasteiger partial charge in [0.2, 0.25) is 0 Å². The Morgan fingerprint density at radius 3 is 2.71 bits per heavy atom. The molecule has 0 radical (unpaired) electrons. The summed E-state index contributed by atoms with van der Waals surface area (Å²) in [5.41, 5.74) is 1.22. The van der Waals surface area contributed by atoms with Gasteiger partial charge in [-0.2, -0.15) is 0 Å². The number of benzene rings is 1. The fourth-order valence-electron chi connectivity index (χ4n) is 1.59. The molecule has 1 aromatic heterocycles. The minimum absolute atomic E-state index is 0.260. The zero-order valence-corrected chi connectivity index (χ0v) is 10.4. The number of hydrogen-bond donors (Lipinski definition) is 1. The minimum Gasteiger partial charge on any atom is -0.496 e. The average Bonchev–Trinajstić information content (AvgIpc) is 2.80. The number of aliphatic hydroxyl groups excluding tert-OH is 1. The second-order valence-corrected chi connectivity index (χ2v) is 4.74. The van der Waals surface area contributed by atoms with Crippen LogP contribution in [0.2, 0.25) is 0 Å². The zero-order chi connectivity index (χ0) is 12.4. The second-order valence-electron chi connectivity index (χ2n) is 3.80. The Labute approximate surface area is 103 Å². The average molecular weight is 252 g/mol. The molecule has 0 amide bonds. The molecule has 1 heterocycles. The lowest BCUT2D eigenvalue weighted by molar-refractivity contribution is 0.223. The number of hydrogen-bond acceptors (Lipinski definition) is 3. The Kier molecular flexibility index (Phi) is 3.45. The van der Waals surface area contributed by atoms with Crippen molar-refractivity contribution in [3.63, 3.8) is 0 Å². The van der Waals surface area contributed by atoms with E-state index in [1.807, 2.05) is 5.38 Å². The third-order valence-electron chi connectivity index (χ3n) is 2.60. The molecule has 0 aliphatic carbocycles. The van der Waals surface area contributed by atoms with Gasteiger partial charge in [-0.15, -0.1) is 11.3 Å². The summed E-state index contributed by atoms with van der Waals surface area (Å²) in [6.07, 6.45) is -0.733. The molecule has 2 nitrogen and oxygen atoms in total. The summed E-state index contributed by atoms with van der Waals surface area (Å²) in [5.74, 6) is 0.465. The van der Waals surface area contributed by atoms with Gasteiger partial charge in [0.05, 0.1) is 7.11 Å². The number of halogens is 1. The topological polar surface area (TPSA) is 29.5 Å². The molecule has 0 fully saturated rings. The largest absolute Gasteiger partial charge is 0.496 e. The maximum absolute atomic E-state index is 13.1. The SMILES string of the molecule is COc1csc(C(O)c2ccc(F)c(C)c2)c1. The van der Waals surface area contributed by atoms with E-state index in [0.717, 1.165) is 10.6 Å². The van der Waals surface area contributed by atoms with E-state index in [2.05, 4.69) is 0 Å². The third kappa shape index (κ3) is 2.48. The van der Waals surface area contributed by atoms with Gasteiger partial charge in [0.1, 0.15) is 17.7 Å². The predicted octanol–water partition coefficient (Wildman–Crippen LogP) is 3.29. The van der Waals surface area contributed by atoms with Crippen LogP contribution in [-0.2, 0) is 0 Å². The number of thiophene rings is 1. The van der Waals surface area contributed by atoms with Crippen LogP contribution in [0, 0.1) is 12.7 Å². The fraction of sp³-hybridized carbons (Fsp3) is 0.231. The molecule has 0 saturated carbocycles. The van der Waals surface area contributed by atoms with E-state index >= 15 is 0 Å². The van der Waals surface area contributed by atoms with Gasteiger partial charge in [0, 0.05) is 10.3 Å². The summed E-state index contributed by atoms with van der Waals surface area (Å²) in [4.78, 5) is 0.785. The Morgan fingerprint density at radius 1 is 1.35 bits per heavy atom. The Morgan fingerprint density at radius 2 is 2.12 bits per heavy atom. The Bertz CT molecular complexity index is 522. The summed E-state index contributed by atoms with van der Waals surface area (Å²) in [5, 5.41) is 12.0. The maximum atomic E-state index is 13.1. The highest BCUT2D eigenvalue weighted by Crippen LogP contribution is 2.31. The number of rotatable bonds is 3. The fourth-order valence-corrected chi connectivity index (χ4v) is 2.45. The quantitative estimate of drug-likeness (QED) is 0.908. The highest BCUT2D eigenvalue weighted by atomic mass is 32.1. The summed E-state index contributed by atoms with van der Waals surface area (Å²) >= 11 is 1.42. The molecular weight excluding hydrogens is 239 g/mol. The van der Waals surface area contributed by atoms with Crippen LogP contribution in [0.3, 0.4) is 0 Å². The first kappa shape index (κ1) is 12.1. The van der Waals surface area contributed by atoms with Crippen LogP contribution in [0.15, 0.2) is 29.6 Å². The van der Waals surface area contributed by atoms with Crippen molar-refractivity contribution < 1.29 is 14.2 Å². The summed E-state index contributed by atoms with van der Waals surface area (Å²) in [6, 6.07) is 6.41. The molecule has 1 aromatic carbocycles. The normalized spacial score (nSPS) is 12.5. The van der Waals surface area contributed by atoms with E-state index in [-0.39, 0.29) is 5.82 Å². The molecule has 1 N–H and O–H groups in total. The molecule has 17 heavy (non-hydrogen) atoms. The van der Waals surface area contributed by atoms with E-state index in [0.29, 0.717) is 11.1 Å². The van der Waals surface area contributed by atoms with Crippen molar-refractivity contribution in [3.05, 3.63) is 51.5 Å². The first-order valence-corrected chi connectivity index (χ1v) is 6.06. The molecule has 0 spiro atoms. The standard InChI is InChI=1S/C13H13FO2S/c1-8-5-9(3-4-11(8)14)13(15)12-6-10(16-2)7-17-12/h3-7,13,15H,1-2H3. The van der Waals surface area contributed by atoms with Gasteiger partial charge in [0.25, 0.3) is 0 Å². The highest BCUT2D eigenvalue weighted by Gasteiger charge is 2.14. The highest BCUT2D eigenvalue weighted by molar-refractivity contribution is 7.10. The van der Waals surface area contributed by atoms with Gasteiger partial charge < -0.3 is 9.84 Å². The van der Waals surface area contributed by atoms with E-state index in [1.165, 1.54) is 17.4 Å². The van der Waals surface area contributed by atoms with Gasteiger partial charge in [0.15, 0.2) is 0 Å². The first-order chi connectivity index (χ1) is 8.11. The maximum Gasteiger partial charge on any atom is 0.129 e. The van der Waals surface area contributed by atoms with Gasteiger partial charge in [-0.05, 0) is 30.2 Å². The van der Waals surface area contributed by atoms with E-state index in [4.69, 9.17) is 4.74 Å². The molecule has 0 saturated heterocycles. The van der Waals surface area contributed by atoms with Crippen LogP contribution >= 0.6 is 11.3 Å². The lowest BCUT2D eigenvalue weighted by atomic mass is 10.1. The van der Waals surface area contributed by atoms with Gasteiger partial charge in [-0.1, -0.05) is 12.1 Å². The van der Waals surface area contributed by atoms with Crippen LogP contribution in [0.4, 0.5) is 4.39 Å². The summed E-state index contributed by atoms with van der Waals surface area (Å²) < 4.78 is 18.2. The van der Waals surface area contributed by atoms with Gasteiger partial charge in [-0.3, -0.25) is 0 Å². The van der Waals surface area contributed by atoms with Crippen molar-refractivity contribution >= 4 is 11.3 Å². The number of aliphatic hydroxyl groups is 1. The molecule has 90 valence electrons. The second kappa shape index (κ2) is 4.85. The van der Waals surface area contributed by atoms with Crippen LogP contribution in [0.1, 0.15) is 22.1 Å². The smallest absolute Gasteiger partial charge is 0.129 e. The lowest BCUT2D eigenvalue weighted by Crippen LogP contribution is -1.98. The van der Waals surface area contributed by atoms with Crippen LogP contribution < -0.4 is 4.74 Å². The summed E-state index contributed by atoms with van der Waals surface area (Å²) in [6.45, 7) is 1.68. The van der Waals surface area contributed by atoms with Crippen molar-refractivity contribution in [2.45, 2.75) is 13.0 Å². The van der Waals surface area contributed by atoms with E-state index in [9.17, 15) is 9.50 Å². The molecule has 2 rings (SSSR count). The van der Waals surface area contributed by atoms with Crippen LogP contribution in [-0.4, -0.2) is 12.2 Å². The number of methoxy groups -OCH3 is 1. The molecule has 1 unspecified atom stereocenters. The lowest BCUT2D eigenvalue weighted by Gasteiger charge is -2.09. The third-order valence-corrected chi connectivity index (χ3v) is 3.56. The molecule has 0 bridgehead atoms. The van der Waals surface area contributed by atoms with Crippen LogP contribution in [0.25, 0.3) is 0 Å². The van der Waals surface area contributed by atoms with E-state index in [1.54, 1.807) is 32.2 Å². The predicted molar refractivity (Wildman–Crippen MR) is 66.1 cm³/mol. The minimum atomic E-state index is -0.733. The van der Waals surface area contributed by atoms with Crippen molar-refractivity contribution in [2.75, 3.05) is 7.11 Å². The molecular formula is C13H13FO2S. The molecule has 2 aromatic rings. The number of ether oxygens (including phenoxy) is 1. The van der Waals surface area contributed by atoms with Gasteiger partial charge in [-0.25, -0.2) is 4.39 Å². The van der Waals surface area contributed by atoms with Crippen LogP contribution in [0.5, 0.6) is 5.75 Å². The van der Waals surface area contributed by atoms with Crippen molar-refractivity contribution in [2.24, 2.45) is 0 Å². The molecule has 0 aliphatic heterocycles. The Balaban J connectivity index is 2.29. The van der Waals surface area contributed by atoms with Gasteiger partial charge >= 0.3 is 0 Å². The van der Waals surface area contributed by atoms with Crippen molar-refractivity contribution in [1.29, 1.82) is 0 Å². The van der Waals surface area contributed by atoms with Crippen molar-refractivity contribution in [3.8, 4) is 5.75 Å². The Hall–Kier alpha value is -1.39. The summed E-state index contributed by atoms with van der Waals surface area (Å²) in [7, 11) is 1.58. The van der Waals surface area contributed by atoms with Crippen molar-refractivity contribution in [1.82, 2.24) is 0 Å². The molecule has 1 atom stereocenters. The number of aryl methyl sites for hydroxylation is 1. The monoisotopic (exact) mass is 252 g/mol. The van der Waals surface area contributed by atoms with E-state index < -0.39 is 6.10 Å². The molecule has 0 aliphatic rings.